The Morgan fingerprint density at radius 2 is 1.92 bits per heavy atom. The summed E-state index contributed by atoms with van der Waals surface area (Å²) in [5.74, 6) is 0.520. The Balaban J connectivity index is 1.57. The molecule has 2 N–H and O–H groups in total. The van der Waals surface area contributed by atoms with Crippen LogP contribution in [0.3, 0.4) is 0 Å². The van der Waals surface area contributed by atoms with Crippen LogP contribution in [-0.2, 0) is 7.05 Å². The van der Waals surface area contributed by atoms with Gasteiger partial charge in [-0.3, -0.25) is 14.0 Å². The molecule has 0 amide bonds. The Bertz CT molecular complexity index is 1870. The van der Waals surface area contributed by atoms with E-state index in [2.05, 4.69) is 31.4 Å². The van der Waals surface area contributed by atoms with Crippen molar-refractivity contribution in [3.63, 3.8) is 0 Å². The zero-order chi connectivity index (χ0) is 25.5. The second-order valence-corrected chi connectivity index (χ2v) is 8.84. The van der Waals surface area contributed by atoms with Gasteiger partial charge in [-0.25, -0.2) is 9.97 Å². The summed E-state index contributed by atoms with van der Waals surface area (Å²) in [7, 11) is 1.86. The molecule has 4 aromatic heterocycles. The van der Waals surface area contributed by atoms with E-state index in [4.69, 9.17) is 0 Å². The van der Waals surface area contributed by atoms with Gasteiger partial charge < -0.3 is 10.3 Å². The number of pyridine rings is 1. The first-order chi connectivity index (χ1) is 18.0. The molecule has 6 aromatic rings. The maximum absolute atomic E-state index is 14.2. The van der Waals surface area contributed by atoms with Gasteiger partial charge in [0, 0.05) is 36.4 Å². The number of fused-ring (bicyclic) bond motifs is 2. The molecule has 9 heteroatoms. The van der Waals surface area contributed by atoms with E-state index < -0.39 is 0 Å². The molecule has 0 saturated heterocycles. The van der Waals surface area contributed by atoms with Crippen molar-refractivity contribution in [1.29, 1.82) is 5.26 Å². The van der Waals surface area contributed by atoms with Crippen LogP contribution in [0.15, 0.2) is 84.3 Å². The molecular weight excluding hydrogens is 464 g/mol. The highest BCUT2D eigenvalue weighted by molar-refractivity contribution is 5.96. The predicted octanol–water partition coefficient (Wildman–Crippen LogP) is 4.71. The van der Waals surface area contributed by atoms with E-state index in [-0.39, 0.29) is 11.6 Å². The molecule has 0 spiro atoms. The molecule has 4 heterocycles. The lowest BCUT2D eigenvalue weighted by molar-refractivity contribution is 0.768. The third kappa shape index (κ3) is 3.72. The van der Waals surface area contributed by atoms with Gasteiger partial charge in [-0.15, -0.1) is 0 Å². The van der Waals surface area contributed by atoms with Gasteiger partial charge in [0.2, 0.25) is 0 Å². The second-order valence-electron chi connectivity index (χ2n) is 8.84. The lowest BCUT2D eigenvalue weighted by atomic mass is 9.99. The van der Waals surface area contributed by atoms with Crippen molar-refractivity contribution < 1.29 is 0 Å². The zero-order valence-electron chi connectivity index (χ0n) is 20.2. The molecule has 9 nitrogen and oxygen atoms in total. The van der Waals surface area contributed by atoms with E-state index in [1.165, 1.54) is 6.33 Å². The van der Waals surface area contributed by atoms with Crippen LogP contribution in [-0.4, -0.2) is 29.3 Å². The van der Waals surface area contributed by atoms with Crippen LogP contribution in [0.1, 0.15) is 24.2 Å². The van der Waals surface area contributed by atoms with Crippen molar-refractivity contribution in [2.45, 2.75) is 13.0 Å². The average Bonchev–Trinajstić information content (AvgIpc) is 3.55. The number of nitrogens with one attached hydrogen (secondary N) is 2. The minimum atomic E-state index is -0.334. The number of H-pyrrole nitrogens is 1. The minimum Gasteiger partial charge on any atom is -0.361 e. The molecule has 0 unspecified atom stereocenters. The summed E-state index contributed by atoms with van der Waals surface area (Å²) >= 11 is 0. The van der Waals surface area contributed by atoms with Gasteiger partial charge in [0.25, 0.3) is 5.56 Å². The normalized spacial score (nSPS) is 12.0. The molecule has 0 fully saturated rings. The number of benzene rings is 2. The summed E-state index contributed by atoms with van der Waals surface area (Å²) < 4.78 is 3.46. The molecule has 2 aromatic carbocycles. The van der Waals surface area contributed by atoms with Gasteiger partial charge in [-0.05, 0) is 36.1 Å². The van der Waals surface area contributed by atoms with E-state index in [9.17, 15) is 10.1 Å². The van der Waals surface area contributed by atoms with Crippen molar-refractivity contribution >= 4 is 27.6 Å². The number of rotatable bonds is 5. The molecule has 37 heavy (non-hydrogen) atoms. The van der Waals surface area contributed by atoms with Crippen LogP contribution >= 0.6 is 0 Å². The number of nitriles is 1. The molecule has 0 aliphatic rings. The molecule has 0 aliphatic carbocycles. The fourth-order valence-corrected chi connectivity index (χ4v) is 4.78. The van der Waals surface area contributed by atoms with Crippen LogP contribution in [0.4, 0.5) is 5.82 Å². The highest BCUT2D eigenvalue weighted by atomic mass is 16.1. The third-order valence-corrected chi connectivity index (χ3v) is 6.49. The van der Waals surface area contributed by atoms with Gasteiger partial charge in [-0.1, -0.05) is 36.4 Å². The average molecular weight is 487 g/mol. The van der Waals surface area contributed by atoms with Crippen LogP contribution in [0.2, 0.25) is 0 Å². The first-order valence-corrected chi connectivity index (χ1v) is 11.8. The number of hydrogen-bond donors (Lipinski definition) is 2. The highest BCUT2D eigenvalue weighted by Crippen LogP contribution is 2.31. The maximum Gasteiger partial charge on any atom is 0.263 e. The SMILES string of the molecule is C[C@H](Nc1ncnc2[nH]cc(C#N)c12)c1cc2cccc(-c3cnn(C)c3)c2c(=O)n1-c1ccccc1. The number of aromatic amines is 1. The van der Waals surface area contributed by atoms with Crippen molar-refractivity contribution in [1.82, 2.24) is 29.3 Å². The number of hydrogen-bond acceptors (Lipinski definition) is 6. The predicted molar refractivity (Wildman–Crippen MR) is 142 cm³/mol. The van der Waals surface area contributed by atoms with Crippen LogP contribution in [0, 0.1) is 11.3 Å². The molecule has 180 valence electrons. The number of aryl methyl sites for hydroxylation is 1. The number of para-hydroxylation sites is 1. The summed E-state index contributed by atoms with van der Waals surface area (Å²) in [6.07, 6.45) is 6.73. The van der Waals surface area contributed by atoms with E-state index in [1.807, 2.05) is 74.8 Å². The Kier molecular flexibility index (Phi) is 5.27. The molecule has 0 saturated carbocycles. The van der Waals surface area contributed by atoms with E-state index >= 15 is 0 Å². The molecule has 6 rings (SSSR count). The van der Waals surface area contributed by atoms with Crippen molar-refractivity contribution in [2.75, 3.05) is 5.32 Å². The zero-order valence-corrected chi connectivity index (χ0v) is 20.2. The fourth-order valence-electron chi connectivity index (χ4n) is 4.78. The minimum absolute atomic E-state index is 0.126. The van der Waals surface area contributed by atoms with Crippen LogP contribution in [0.5, 0.6) is 0 Å². The van der Waals surface area contributed by atoms with Crippen molar-refractivity contribution in [2.24, 2.45) is 7.05 Å². The molecule has 0 radical (unpaired) electrons. The first-order valence-electron chi connectivity index (χ1n) is 11.8. The number of nitrogens with zero attached hydrogens (tertiary/aromatic N) is 6. The fraction of sp³-hybridized carbons (Fsp3) is 0.107. The Morgan fingerprint density at radius 3 is 2.68 bits per heavy atom. The molecular formula is C28H22N8O. The number of aromatic nitrogens is 6. The van der Waals surface area contributed by atoms with E-state index in [1.54, 1.807) is 21.6 Å². The van der Waals surface area contributed by atoms with Gasteiger partial charge in [0.15, 0.2) is 0 Å². The summed E-state index contributed by atoms with van der Waals surface area (Å²) in [4.78, 5) is 25.9. The second kappa shape index (κ2) is 8.77. The summed E-state index contributed by atoms with van der Waals surface area (Å²) in [6, 6.07) is 19.3. The largest absolute Gasteiger partial charge is 0.361 e. The Hall–Kier alpha value is -5.23. The molecule has 1 atom stereocenters. The maximum atomic E-state index is 14.2. The Labute approximate surface area is 211 Å². The summed E-state index contributed by atoms with van der Waals surface area (Å²) in [5.41, 5.74) is 4.12. The van der Waals surface area contributed by atoms with Gasteiger partial charge in [-0.2, -0.15) is 10.4 Å². The summed E-state index contributed by atoms with van der Waals surface area (Å²) in [5, 5.41) is 19.3. The monoisotopic (exact) mass is 486 g/mol. The lowest BCUT2D eigenvalue weighted by Gasteiger charge is -2.22. The standard InChI is InChI=1S/C28H22N8O/c1-17(34-27-25-19(12-29)13-30-26(25)31-16-32-27)23-11-18-7-6-10-22(20-14-33-35(2)15-20)24(18)28(37)36(23)21-8-4-3-5-9-21/h3-11,13-17H,1-2H3,(H2,30,31,32,34)/t17-/m0/s1. The smallest absolute Gasteiger partial charge is 0.263 e. The van der Waals surface area contributed by atoms with E-state index in [0.29, 0.717) is 27.8 Å². The molecule has 0 bridgehead atoms. The summed E-state index contributed by atoms with van der Waals surface area (Å²) in [6.45, 7) is 1.97. The topological polar surface area (TPSA) is 117 Å². The van der Waals surface area contributed by atoms with Crippen molar-refractivity contribution in [3.05, 3.63) is 101 Å². The lowest BCUT2D eigenvalue weighted by Crippen LogP contribution is -2.26. The Morgan fingerprint density at radius 1 is 1.08 bits per heavy atom. The third-order valence-electron chi connectivity index (χ3n) is 6.49. The van der Waals surface area contributed by atoms with E-state index in [0.717, 1.165) is 27.9 Å². The number of anilines is 1. The van der Waals surface area contributed by atoms with Gasteiger partial charge in [0.1, 0.15) is 23.9 Å². The van der Waals surface area contributed by atoms with Crippen molar-refractivity contribution in [3.8, 4) is 22.9 Å². The van der Waals surface area contributed by atoms with Crippen LogP contribution in [0.25, 0.3) is 38.6 Å². The quantitative estimate of drug-likeness (QED) is 0.365. The van der Waals surface area contributed by atoms with Gasteiger partial charge >= 0.3 is 0 Å². The van der Waals surface area contributed by atoms with Crippen LogP contribution < -0.4 is 10.9 Å². The van der Waals surface area contributed by atoms with Gasteiger partial charge in [0.05, 0.1) is 28.6 Å². The first kappa shape index (κ1) is 22.2. The highest BCUT2D eigenvalue weighted by Gasteiger charge is 2.21. The molecule has 0 aliphatic heterocycles.